The van der Waals surface area contributed by atoms with Gasteiger partial charge in [0.15, 0.2) is 0 Å². The zero-order chi connectivity index (χ0) is 10.5. The molecule has 15 heavy (non-hydrogen) atoms. The van der Waals surface area contributed by atoms with Gasteiger partial charge in [0.05, 0.1) is 6.10 Å². The van der Waals surface area contributed by atoms with Gasteiger partial charge in [-0.15, -0.1) is 0 Å². The quantitative estimate of drug-likeness (QED) is 0.501. The molecule has 0 spiro atoms. The van der Waals surface area contributed by atoms with E-state index in [-0.39, 0.29) is 0 Å². The molecule has 1 aliphatic heterocycles. The predicted octanol–water partition coefficient (Wildman–Crippen LogP) is 1.97. The largest absolute Gasteiger partial charge is 0.378 e. The van der Waals surface area contributed by atoms with Crippen molar-refractivity contribution in [3.05, 3.63) is 0 Å². The summed E-state index contributed by atoms with van der Waals surface area (Å²) in [7, 11) is 0. The summed E-state index contributed by atoms with van der Waals surface area (Å²) in [4.78, 5) is 0. The van der Waals surface area contributed by atoms with Gasteiger partial charge in [-0.2, -0.15) is 0 Å². The summed E-state index contributed by atoms with van der Waals surface area (Å²) < 4.78 is 5.61. The van der Waals surface area contributed by atoms with Crippen LogP contribution in [0.25, 0.3) is 0 Å². The molecule has 0 amide bonds. The molecule has 3 nitrogen and oxygen atoms in total. The third-order valence-electron chi connectivity index (χ3n) is 3.65. The lowest BCUT2D eigenvalue weighted by Crippen LogP contribution is -2.35. The molecule has 0 aromatic heterocycles. The van der Waals surface area contributed by atoms with Gasteiger partial charge >= 0.3 is 0 Å². The minimum absolute atomic E-state index is 0.541. The van der Waals surface area contributed by atoms with E-state index in [1.807, 2.05) is 0 Å². The molecule has 0 aromatic carbocycles. The second-order valence-corrected chi connectivity index (χ2v) is 5.11. The molecule has 2 aliphatic rings. The first-order valence-electron chi connectivity index (χ1n) is 6.46. The van der Waals surface area contributed by atoms with E-state index in [0.29, 0.717) is 12.1 Å². The lowest BCUT2D eigenvalue weighted by Gasteiger charge is -2.16. The summed E-state index contributed by atoms with van der Waals surface area (Å²) in [5, 5.41) is 0. The molecule has 1 aliphatic carbocycles. The Morgan fingerprint density at radius 1 is 1.33 bits per heavy atom. The average molecular weight is 212 g/mol. The number of hydrogen-bond acceptors (Lipinski definition) is 3. The van der Waals surface area contributed by atoms with Crippen molar-refractivity contribution in [1.82, 2.24) is 5.43 Å². The number of nitrogens with two attached hydrogens (primary N) is 1. The van der Waals surface area contributed by atoms with Gasteiger partial charge in [0.2, 0.25) is 0 Å². The third-order valence-corrected chi connectivity index (χ3v) is 3.65. The molecule has 2 atom stereocenters. The normalized spacial score (nSPS) is 28.2. The van der Waals surface area contributed by atoms with Gasteiger partial charge in [-0.3, -0.25) is 11.3 Å². The number of rotatable bonds is 7. The van der Waals surface area contributed by atoms with Gasteiger partial charge in [0, 0.05) is 12.6 Å². The smallest absolute Gasteiger partial charge is 0.0576 e. The topological polar surface area (TPSA) is 47.3 Å². The maximum Gasteiger partial charge on any atom is 0.0576 e. The van der Waals surface area contributed by atoms with Crippen molar-refractivity contribution in [1.29, 1.82) is 0 Å². The molecule has 0 radical (unpaired) electrons. The molecule has 3 N–H and O–H groups in total. The number of hydrogen-bond donors (Lipinski definition) is 2. The fourth-order valence-electron chi connectivity index (χ4n) is 2.49. The van der Waals surface area contributed by atoms with E-state index in [2.05, 4.69) is 5.43 Å². The molecule has 0 aromatic rings. The summed E-state index contributed by atoms with van der Waals surface area (Å²) in [6.07, 6.45) is 10.9. The fourth-order valence-corrected chi connectivity index (χ4v) is 2.49. The van der Waals surface area contributed by atoms with Gasteiger partial charge in [0.1, 0.15) is 0 Å². The van der Waals surface area contributed by atoms with E-state index in [9.17, 15) is 0 Å². The van der Waals surface area contributed by atoms with Crippen molar-refractivity contribution < 1.29 is 4.74 Å². The second-order valence-electron chi connectivity index (χ2n) is 5.11. The zero-order valence-electron chi connectivity index (χ0n) is 9.58. The van der Waals surface area contributed by atoms with Crippen LogP contribution in [0, 0.1) is 5.92 Å². The van der Waals surface area contributed by atoms with Gasteiger partial charge in [-0.25, -0.2) is 0 Å². The summed E-state index contributed by atoms with van der Waals surface area (Å²) in [5.74, 6) is 6.53. The first-order chi connectivity index (χ1) is 7.38. The molecule has 1 saturated heterocycles. The Hall–Kier alpha value is -0.120. The number of ether oxygens (including phenoxy) is 1. The predicted molar refractivity (Wildman–Crippen MR) is 61.3 cm³/mol. The molecule has 1 saturated carbocycles. The summed E-state index contributed by atoms with van der Waals surface area (Å²) >= 11 is 0. The van der Waals surface area contributed by atoms with Crippen LogP contribution in [-0.4, -0.2) is 18.8 Å². The monoisotopic (exact) mass is 212 g/mol. The molecule has 88 valence electrons. The van der Waals surface area contributed by atoms with E-state index in [4.69, 9.17) is 10.6 Å². The Morgan fingerprint density at radius 3 is 2.80 bits per heavy atom. The van der Waals surface area contributed by atoms with Crippen LogP contribution in [0.1, 0.15) is 51.4 Å². The van der Waals surface area contributed by atoms with Crippen molar-refractivity contribution in [3.8, 4) is 0 Å². The minimum Gasteiger partial charge on any atom is -0.378 e. The van der Waals surface area contributed by atoms with Crippen LogP contribution in [0.2, 0.25) is 0 Å². The zero-order valence-corrected chi connectivity index (χ0v) is 9.58. The van der Waals surface area contributed by atoms with Gasteiger partial charge in [-0.05, 0) is 44.4 Å². The molecule has 2 unspecified atom stereocenters. The van der Waals surface area contributed by atoms with Crippen LogP contribution in [0.4, 0.5) is 0 Å². The Morgan fingerprint density at radius 2 is 2.20 bits per heavy atom. The Bertz CT molecular complexity index is 176. The van der Waals surface area contributed by atoms with Crippen LogP contribution >= 0.6 is 0 Å². The lowest BCUT2D eigenvalue weighted by atomic mass is 10.0. The summed E-state index contributed by atoms with van der Waals surface area (Å²) in [6, 6.07) is 0.541. The summed E-state index contributed by atoms with van der Waals surface area (Å²) in [5.41, 5.74) is 2.96. The van der Waals surface area contributed by atoms with Gasteiger partial charge in [0.25, 0.3) is 0 Å². The SMILES string of the molecule is NNC(CCCC1CCCO1)CC1CC1. The van der Waals surface area contributed by atoms with E-state index >= 15 is 0 Å². The second kappa shape index (κ2) is 5.83. The maximum atomic E-state index is 5.61. The van der Waals surface area contributed by atoms with E-state index in [1.165, 1.54) is 51.4 Å². The molecule has 2 rings (SSSR count). The lowest BCUT2D eigenvalue weighted by molar-refractivity contribution is 0.101. The van der Waals surface area contributed by atoms with E-state index in [1.54, 1.807) is 0 Å². The molecule has 2 fully saturated rings. The first-order valence-corrected chi connectivity index (χ1v) is 6.46. The molecule has 0 bridgehead atoms. The van der Waals surface area contributed by atoms with Gasteiger partial charge < -0.3 is 4.74 Å². The highest BCUT2D eigenvalue weighted by Crippen LogP contribution is 2.34. The van der Waals surface area contributed by atoms with Crippen LogP contribution in [0.5, 0.6) is 0 Å². The molecule has 3 heteroatoms. The van der Waals surface area contributed by atoms with E-state index < -0.39 is 0 Å². The van der Waals surface area contributed by atoms with Crippen LogP contribution in [0.15, 0.2) is 0 Å². The third kappa shape index (κ3) is 4.09. The van der Waals surface area contributed by atoms with Crippen molar-refractivity contribution in [3.63, 3.8) is 0 Å². The average Bonchev–Trinajstić information content (AvgIpc) is 2.91. The molecule has 1 heterocycles. The van der Waals surface area contributed by atoms with Crippen molar-refractivity contribution in [2.24, 2.45) is 11.8 Å². The Labute approximate surface area is 92.7 Å². The summed E-state index contributed by atoms with van der Waals surface area (Å²) in [6.45, 7) is 0.977. The van der Waals surface area contributed by atoms with Gasteiger partial charge in [-0.1, -0.05) is 12.8 Å². The highest BCUT2D eigenvalue weighted by molar-refractivity contribution is 4.79. The van der Waals surface area contributed by atoms with Crippen LogP contribution in [0.3, 0.4) is 0 Å². The highest BCUT2D eigenvalue weighted by atomic mass is 16.5. The first kappa shape index (κ1) is 11.4. The standard InChI is InChI=1S/C12H24N2O/c13-14-11(9-10-6-7-10)3-1-4-12-5-2-8-15-12/h10-12,14H,1-9,13H2. The van der Waals surface area contributed by atoms with Crippen LogP contribution < -0.4 is 11.3 Å². The van der Waals surface area contributed by atoms with Crippen molar-refractivity contribution in [2.45, 2.75) is 63.5 Å². The number of nitrogens with one attached hydrogen (secondary N) is 1. The highest BCUT2D eigenvalue weighted by Gasteiger charge is 2.25. The Kier molecular flexibility index (Phi) is 4.42. The van der Waals surface area contributed by atoms with E-state index in [0.717, 1.165) is 12.5 Å². The maximum absolute atomic E-state index is 5.61. The Balaban J connectivity index is 1.53. The van der Waals surface area contributed by atoms with Crippen LogP contribution in [-0.2, 0) is 4.74 Å². The molecular formula is C12H24N2O. The number of hydrazine groups is 1. The molecular weight excluding hydrogens is 188 g/mol. The minimum atomic E-state index is 0.541. The fraction of sp³-hybridized carbons (Fsp3) is 1.00. The van der Waals surface area contributed by atoms with Crippen molar-refractivity contribution >= 4 is 0 Å². The van der Waals surface area contributed by atoms with Crippen molar-refractivity contribution in [2.75, 3.05) is 6.61 Å².